The molecule has 0 fully saturated rings. The molecule has 16 heavy (non-hydrogen) atoms. The van der Waals surface area contributed by atoms with E-state index in [2.05, 4.69) is 4.98 Å². The Labute approximate surface area is 97.5 Å². The zero-order valence-corrected chi connectivity index (χ0v) is 9.07. The first-order chi connectivity index (χ1) is 7.00. The first-order valence-corrected chi connectivity index (χ1v) is 4.34. The molecule has 0 radical (unpaired) electrons. The van der Waals surface area contributed by atoms with Crippen molar-refractivity contribution in [1.82, 2.24) is 4.98 Å². The normalized spacial score (nSPS) is 15.1. The van der Waals surface area contributed by atoms with Gasteiger partial charge in [-0.15, -0.1) is 12.4 Å². The molecule has 1 rings (SSSR count). The van der Waals surface area contributed by atoms with Gasteiger partial charge in [0.05, 0.1) is 12.7 Å². The maximum absolute atomic E-state index is 13.5. The number of aliphatic hydroxyl groups is 2. The van der Waals surface area contributed by atoms with E-state index < -0.39 is 30.4 Å². The van der Waals surface area contributed by atoms with Crippen LogP contribution in [0.2, 0.25) is 0 Å². The fourth-order valence-electron chi connectivity index (χ4n) is 1.09. The number of hydrogen-bond acceptors (Lipinski definition) is 4. The summed E-state index contributed by atoms with van der Waals surface area (Å²) in [6, 6.07) is 2.13. The number of aromatic nitrogens is 1. The molecule has 0 saturated heterocycles. The third-order valence-electron chi connectivity index (χ3n) is 2.03. The highest BCUT2D eigenvalue weighted by molar-refractivity contribution is 5.85. The van der Waals surface area contributed by atoms with Crippen LogP contribution in [0.3, 0.4) is 0 Å². The van der Waals surface area contributed by atoms with Crippen LogP contribution >= 0.6 is 12.4 Å². The minimum atomic E-state index is -3.47. The van der Waals surface area contributed by atoms with E-state index in [9.17, 15) is 8.78 Å². The molecule has 92 valence electrons. The van der Waals surface area contributed by atoms with E-state index in [0.717, 1.165) is 6.07 Å². The fraction of sp³-hybridized carbons (Fsp3) is 0.444. The Kier molecular flexibility index (Phi) is 5.74. The summed E-state index contributed by atoms with van der Waals surface area (Å²) in [5, 5.41) is 17.6. The van der Waals surface area contributed by atoms with Gasteiger partial charge in [-0.3, -0.25) is 4.98 Å². The van der Waals surface area contributed by atoms with Crippen molar-refractivity contribution in [2.24, 2.45) is 5.73 Å². The van der Waals surface area contributed by atoms with Gasteiger partial charge in [0.2, 0.25) is 0 Å². The van der Waals surface area contributed by atoms with Gasteiger partial charge in [0, 0.05) is 6.20 Å². The molecule has 0 bridgehead atoms. The van der Waals surface area contributed by atoms with Crippen LogP contribution in [0.1, 0.15) is 5.69 Å². The summed E-state index contributed by atoms with van der Waals surface area (Å²) in [5.74, 6) is -3.47. The van der Waals surface area contributed by atoms with E-state index in [4.69, 9.17) is 15.9 Å². The van der Waals surface area contributed by atoms with Gasteiger partial charge in [0.15, 0.2) is 0 Å². The third kappa shape index (κ3) is 3.08. The second-order valence-corrected chi connectivity index (χ2v) is 3.11. The van der Waals surface area contributed by atoms with Crippen LogP contribution in [-0.4, -0.2) is 33.9 Å². The summed E-state index contributed by atoms with van der Waals surface area (Å²) in [6.45, 7) is -0.816. The molecule has 1 heterocycles. The molecule has 0 aliphatic rings. The quantitative estimate of drug-likeness (QED) is 0.721. The number of nitrogens with zero attached hydrogens (tertiary/aromatic N) is 1. The number of pyridine rings is 1. The zero-order chi connectivity index (χ0) is 11.5. The highest BCUT2D eigenvalue weighted by Gasteiger charge is 2.43. The third-order valence-corrected chi connectivity index (χ3v) is 2.03. The molecular formula is C9H13ClF2N2O2. The van der Waals surface area contributed by atoms with Gasteiger partial charge in [0.1, 0.15) is 11.7 Å². The lowest BCUT2D eigenvalue weighted by Crippen LogP contribution is -2.49. The lowest BCUT2D eigenvalue weighted by atomic mass is 10.0. The minimum absolute atomic E-state index is 0. The highest BCUT2D eigenvalue weighted by Crippen LogP contribution is 2.30. The maximum atomic E-state index is 13.5. The van der Waals surface area contributed by atoms with Crippen LogP contribution in [0.25, 0.3) is 0 Å². The molecule has 1 aromatic heterocycles. The van der Waals surface area contributed by atoms with Gasteiger partial charge >= 0.3 is 5.92 Å². The van der Waals surface area contributed by atoms with Gasteiger partial charge in [-0.05, 0) is 12.1 Å². The molecule has 1 aromatic rings. The fourth-order valence-corrected chi connectivity index (χ4v) is 1.09. The van der Waals surface area contributed by atoms with E-state index in [1.807, 2.05) is 0 Å². The molecule has 0 aliphatic carbocycles. The highest BCUT2D eigenvalue weighted by atomic mass is 35.5. The molecular weight excluding hydrogens is 242 g/mol. The lowest BCUT2D eigenvalue weighted by Gasteiger charge is -2.25. The molecule has 2 atom stereocenters. The number of alkyl halides is 2. The average Bonchev–Trinajstić information content (AvgIpc) is 2.28. The molecule has 0 spiro atoms. The standard InChI is InChI=1S/C9H12F2N2O2.ClH/c10-9(11,8(12)6(15)5-14)7-3-1-2-4-13-7;/h1-4,6,8,14-15H,5,12H2;1H/t6-,8+;/m1./s1. The molecule has 4 N–H and O–H groups in total. The summed E-state index contributed by atoms with van der Waals surface area (Å²) in [6.07, 6.45) is -0.469. The smallest absolute Gasteiger partial charge is 0.307 e. The Hall–Kier alpha value is -0.820. The van der Waals surface area contributed by atoms with Crippen LogP contribution in [-0.2, 0) is 5.92 Å². The van der Waals surface area contributed by atoms with Crippen LogP contribution in [0.15, 0.2) is 24.4 Å². The van der Waals surface area contributed by atoms with Crippen molar-refractivity contribution < 1.29 is 19.0 Å². The molecule has 0 amide bonds. The Bertz CT molecular complexity index is 314. The second-order valence-electron chi connectivity index (χ2n) is 3.11. The Balaban J connectivity index is 0.00000225. The monoisotopic (exact) mass is 254 g/mol. The Morgan fingerprint density at radius 3 is 2.50 bits per heavy atom. The van der Waals surface area contributed by atoms with Crippen LogP contribution in [0, 0.1) is 0 Å². The average molecular weight is 255 g/mol. The summed E-state index contributed by atoms with van der Waals surface area (Å²) in [4.78, 5) is 3.47. The van der Waals surface area contributed by atoms with Crippen molar-refractivity contribution in [1.29, 1.82) is 0 Å². The van der Waals surface area contributed by atoms with Gasteiger partial charge in [-0.1, -0.05) is 6.07 Å². The summed E-state index contributed by atoms with van der Waals surface area (Å²) < 4.78 is 27.1. The number of hydrogen-bond donors (Lipinski definition) is 3. The summed E-state index contributed by atoms with van der Waals surface area (Å²) in [5.41, 5.74) is 4.61. The predicted molar refractivity (Wildman–Crippen MR) is 56.4 cm³/mol. The van der Waals surface area contributed by atoms with E-state index >= 15 is 0 Å². The second kappa shape index (κ2) is 6.05. The van der Waals surface area contributed by atoms with Crippen molar-refractivity contribution in [2.45, 2.75) is 18.1 Å². The largest absolute Gasteiger partial charge is 0.394 e. The molecule has 0 unspecified atom stereocenters. The predicted octanol–water partition coefficient (Wildman–Crippen LogP) is 0.276. The van der Waals surface area contributed by atoms with Crippen molar-refractivity contribution >= 4 is 12.4 Å². The van der Waals surface area contributed by atoms with Crippen LogP contribution < -0.4 is 5.73 Å². The Morgan fingerprint density at radius 2 is 2.06 bits per heavy atom. The van der Waals surface area contributed by atoms with Crippen molar-refractivity contribution in [3.05, 3.63) is 30.1 Å². The zero-order valence-electron chi connectivity index (χ0n) is 8.25. The number of aliphatic hydroxyl groups excluding tert-OH is 2. The topological polar surface area (TPSA) is 79.4 Å². The van der Waals surface area contributed by atoms with E-state index in [0.29, 0.717) is 0 Å². The van der Waals surface area contributed by atoms with Crippen LogP contribution in [0.5, 0.6) is 0 Å². The Morgan fingerprint density at radius 1 is 1.44 bits per heavy atom. The number of halogens is 3. The SMILES string of the molecule is Cl.N[C@@H]([C@H](O)CO)C(F)(F)c1ccccn1. The van der Waals surface area contributed by atoms with Gasteiger partial charge in [-0.2, -0.15) is 8.78 Å². The lowest BCUT2D eigenvalue weighted by molar-refractivity contribution is -0.0843. The van der Waals surface area contributed by atoms with Crippen molar-refractivity contribution in [2.75, 3.05) is 6.61 Å². The maximum Gasteiger partial charge on any atom is 0.307 e. The van der Waals surface area contributed by atoms with Crippen molar-refractivity contribution in [3.8, 4) is 0 Å². The van der Waals surface area contributed by atoms with Crippen LogP contribution in [0.4, 0.5) is 8.78 Å². The summed E-state index contributed by atoms with van der Waals surface area (Å²) in [7, 11) is 0. The minimum Gasteiger partial charge on any atom is -0.394 e. The summed E-state index contributed by atoms with van der Waals surface area (Å²) >= 11 is 0. The number of rotatable bonds is 4. The molecule has 4 nitrogen and oxygen atoms in total. The molecule has 0 saturated carbocycles. The van der Waals surface area contributed by atoms with E-state index in [-0.39, 0.29) is 12.4 Å². The number of nitrogens with two attached hydrogens (primary N) is 1. The van der Waals surface area contributed by atoms with E-state index in [1.54, 1.807) is 0 Å². The first-order valence-electron chi connectivity index (χ1n) is 4.34. The first kappa shape index (κ1) is 15.2. The molecule has 7 heteroatoms. The molecule has 0 aliphatic heterocycles. The van der Waals surface area contributed by atoms with Gasteiger partial charge < -0.3 is 15.9 Å². The van der Waals surface area contributed by atoms with Crippen molar-refractivity contribution in [3.63, 3.8) is 0 Å². The molecule has 0 aromatic carbocycles. The van der Waals surface area contributed by atoms with E-state index in [1.165, 1.54) is 18.3 Å². The van der Waals surface area contributed by atoms with Gasteiger partial charge in [-0.25, -0.2) is 0 Å². The van der Waals surface area contributed by atoms with Gasteiger partial charge in [0.25, 0.3) is 0 Å².